The lowest BCUT2D eigenvalue weighted by atomic mass is 10.6. The van der Waals surface area contributed by atoms with E-state index in [-0.39, 0.29) is 7.43 Å². The highest BCUT2D eigenvalue weighted by Crippen LogP contribution is 1.52. The summed E-state index contributed by atoms with van der Waals surface area (Å²) >= 11 is 0. The van der Waals surface area contributed by atoms with E-state index < -0.39 is 0 Å². The molecule has 0 aliphatic heterocycles. The summed E-state index contributed by atoms with van der Waals surface area (Å²) in [5, 5.41) is 0. The van der Waals surface area contributed by atoms with Crippen LogP contribution in [0.1, 0.15) is 21.3 Å². The summed E-state index contributed by atoms with van der Waals surface area (Å²) < 4.78 is 0. The third-order valence-electron chi connectivity index (χ3n) is 0.167. The number of rotatable bonds is 1. The largest absolute Gasteiger partial charge is 0.0991 e. The lowest BCUT2D eigenvalue weighted by Crippen LogP contribution is -1.21. The molecule has 0 aliphatic rings. The molecule has 0 aromatic carbocycles. The molecule has 0 heterocycles. The summed E-state index contributed by atoms with van der Waals surface area (Å²) in [6.07, 6.45) is 3.28. The van der Waals surface area contributed by atoms with Gasteiger partial charge in [-0.05, 0) is 0 Å². The van der Waals surface area contributed by atoms with Crippen LogP contribution in [0.3, 0.4) is 0 Å². The summed E-state index contributed by atoms with van der Waals surface area (Å²) in [7, 11) is 0. The van der Waals surface area contributed by atoms with Crippen LogP contribution in [0, 0.1) is 0 Å². The normalized spacial score (nSPS) is 3.71. The van der Waals surface area contributed by atoms with Crippen LogP contribution in [-0.2, 0) is 0 Å². The zero-order valence-electron chi connectivity index (χ0n) is 4.57. The van der Waals surface area contributed by atoms with Crippen molar-refractivity contribution in [1.82, 2.24) is 0 Å². The molecule has 7 heavy (non-hydrogen) atoms. The van der Waals surface area contributed by atoms with Gasteiger partial charge in [0.15, 0.2) is 0 Å². The Morgan fingerprint density at radius 3 is 1.14 bits per heavy atom. The van der Waals surface area contributed by atoms with E-state index in [0.717, 1.165) is 0 Å². The molecule has 0 atom stereocenters. The van der Waals surface area contributed by atoms with E-state index in [0.29, 0.717) is 0 Å². The molecule has 0 radical (unpaired) electrons. The second-order valence-electron chi connectivity index (χ2n) is 0.471. The van der Waals surface area contributed by atoms with E-state index in [9.17, 15) is 0 Å². The van der Waals surface area contributed by atoms with Crippen molar-refractivity contribution in [1.29, 1.82) is 0 Å². The van der Waals surface area contributed by atoms with Crippen molar-refractivity contribution in [2.45, 2.75) is 21.3 Å². The number of hydrogen-bond donors (Lipinski definition) is 0. The molecule has 44 valence electrons. The van der Waals surface area contributed by atoms with Gasteiger partial charge in [0, 0.05) is 0 Å². The average molecular weight is 100 g/mol. The minimum absolute atomic E-state index is 0. The van der Waals surface area contributed by atoms with Crippen molar-refractivity contribution in [3.05, 3.63) is 25.3 Å². The Labute approximate surface area is 47.6 Å². The molecule has 0 unspecified atom stereocenters. The van der Waals surface area contributed by atoms with E-state index in [1.54, 1.807) is 12.2 Å². The molecule has 0 nitrogen and oxygen atoms in total. The number of allylic oxidation sites excluding steroid dienone is 2. The third kappa shape index (κ3) is 288. The van der Waals surface area contributed by atoms with Gasteiger partial charge in [0.05, 0.1) is 0 Å². The van der Waals surface area contributed by atoms with Crippen molar-refractivity contribution < 1.29 is 0 Å². The van der Waals surface area contributed by atoms with Gasteiger partial charge in [0.2, 0.25) is 0 Å². The summed E-state index contributed by atoms with van der Waals surface area (Å²) in [5.74, 6) is 0. The topological polar surface area (TPSA) is 0 Å². The van der Waals surface area contributed by atoms with Crippen LogP contribution < -0.4 is 0 Å². The van der Waals surface area contributed by atoms with Crippen LogP contribution >= 0.6 is 0 Å². The van der Waals surface area contributed by atoms with Gasteiger partial charge >= 0.3 is 0 Å². The highest BCUT2D eigenvalue weighted by molar-refractivity contribution is 4.88. The smallest absolute Gasteiger partial charge is 0.0683 e. The van der Waals surface area contributed by atoms with Crippen molar-refractivity contribution in [2.75, 3.05) is 0 Å². The zero-order chi connectivity index (χ0) is 5.41. The molecule has 0 spiro atoms. The minimum Gasteiger partial charge on any atom is -0.0991 e. The van der Waals surface area contributed by atoms with Crippen LogP contribution in [0.4, 0.5) is 0 Å². The van der Waals surface area contributed by atoms with Gasteiger partial charge < -0.3 is 0 Å². The van der Waals surface area contributed by atoms with Crippen molar-refractivity contribution in [3.63, 3.8) is 0 Å². The first kappa shape index (κ1) is 16.1. The molecule has 0 fully saturated rings. The first-order valence-electron chi connectivity index (χ1n) is 2.15. The SMILES string of the molecule is C.C=CC=C.CC. The fourth-order valence-corrected chi connectivity index (χ4v) is 0. The first-order chi connectivity index (χ1) is 2.91. The maximum atomic E-state index is 3.36. The lowest BCUT2D eigenvalue weighted by Gasteiger charge is -1.44. The van der Waals surface area contributed by atoms with Gasteiger partial charge in [-0.15, -0.1) is 0 Å². The molecule has 0 bridgehead atoms. The zero-order valence-corrected chi connectivity index (χ0v) is 4.57. The standard InChI is InChI=1S/C4H6.C2H6.CH4/c1-3-4-2;1-2;/h3-4H,1-2H2;1-2H3;1H4. The predicted molar refractivity (Wildman–Crippen MR) is 38.5 cm³/mol. The van der Waals surface area contributed by atoms with Crippen molar-refractivity contribution in [3.8, 4) is 0 Å². The molecule has 0 heteroatoms. The predicted octanol–water partition coefficient (Wildman–Crippen LogP) is 3.02. The molecule has 0 aromatic heterocycles. The van der Waals surface area contributed by atoms with Crippen LogP contribution in [0.5, 0.6) is 0 Å². The second kappa shape index (κ2) is 50.2. The molecule has 0 saturated heterocycles. The third-order valence-corrected chi connectivity index (χ3v) is 0.167. The molecule has 0 amide bonds. The minimum atomic E-state index is 0. The van der Waals surface area contributed by atoms with E-state index in [4.69, 9.17) is 0 Å². The summed E-state index contributed by atoms with van der Waals surface area (Å²) in [5.41, 5.74) is 0. The summed E-state index contributed by atoms with van der Waals surface area (Å²) in [6, 6.07) is 0. The maximum Gasteiger partial charge on any atom is -0.0683 e. The van der Waals surface area contributed by atoms with Gasteiger partial charge in [-0.3, -0.25) is 0 Å². The van der Waals surface area contributed by atoms with Crippen LogP contribution in [0.2, 0.25) is 0 Å². The quantitative estimate of drug-likeness (QED) is 0.444. The van der Waals surface area contributed by atoms with E-state index in [1.165, 1.54) is 0 Å². The van der Waals surface area contributed by atoms with Crippen LogP contribution in [0.25, 0.3) is 0 Å². The summed E-state index contributed by atoms with van der Waals surface area (Å²) in [4.78, 5) is 0. The monoisotopic (exact) mass is 100 g/mol. The Kier molecular flexibility index (Phi) is 115. The Hall–Kier alpha value is -0.520. The van der Waals surface area contributed by atoms with Gasteiger partial charge in [-0.25, -0.2) is 0 Å². The molecule has 0 aromatic rings. The highest BCUT2D eigenvalue weighted by atomic mass is 13.4. The van der Waals surface area contributed by atoms with Crippen molar-refractivity contribution >= 4 is 0 Å². The fraction of sp³-hybridized carbons (Fsp3) is 0.429. The Morgan fingerprint density at radius 1 is 1.00 bits per heavy atom. The van der Waals surface area contributed by atoms with Crippen LogP contribution in [0.15, 0.2) is 25.3 Å². The molecule has 0 saturated carbocycles. The average Bonchev–Trinajstić information content (AvgIpc) is 1.72. The second-order valence-corrected chi connectivity index (χ2v) is 0.471. The molecule has 0 aliphatic carbocycles. The van der Waals surface area contributed by atoms with E-state index in [2.05, 4.69) is 13.2 Å². The molecular weight excluding hydrogens is 84.1 g/mol. The lowest BCUT2D eigenvalue weighted by molar-refractivity contribution is 1.50. The van der Waals surface area contributed by atoms with Gasteiger partial charge in [-0.2, -0.15) is 0 Å². The summed E-state index contributed by atoms with van der Waals surface area (Å²) in [6.45, 7) is 10.7. The number of hydrogen-bond acceptors (Lipinski definition) is 0. The first-order valence-corrected chi connectivity index (χ1v) is 2.15. The highest BCUT2D eigenvalue weighted by Gasteiger charge is 1.29. The molecule has 0 N–H and O–H groups in total. The van der Waals surface area contributed by atoms with E-state index >= 15 is 0 Å². The van der Waals surface area contributed by atoms with Gasteiger partial charge in [0.1, 0.15) is 0 Å². The molecular formula is C7H16. The maximum absolute atomic E-state index is 3.36. The van der Waals surface area contributed by atoms with Gasteiger partial charge in [0.25, 0.3) is 0 Å². The Morgan fingerprint density at radius 2 is 1.14 bits per heavy atom. The van der Waals surface area contributed by atoms with Gasteiger partial charge in [-0.1, -0.05) is 46.6 Å². The van der Waals surface area contributed by atoms with Crippen molar-refractivity contribution in [2.24, 2.45) is 0 Å². The Balaban J connectivity index is -0.0000000480. The van der Waals surface area contributed by atoms with E-state index in [1.807, 2.05) is 13.8 Å². The molecule has 0 rings (SSSR count). The van der Waals surface area contributed by atoms with Crippen LogP contribution in [-0.4, -0.2) is 0 Å². The fourth-order valence-electron chi connectivity index (χ4n) is 0. The Bertz CT molecular complexity index is 21.0.